The van der Waals surface area contributed by atoms with Gasteiger partial charge in [-0.1, -0.05) is 18.2 Å². The van der Waals surface area contributed by atoms with Gasteiger partial charge in [0, 0.05) is 11.4 Å². The number of rotatable bonds is 2. The molecular weight excluding hydrogens is 226 g/mol. The first-order valence-corrected chi connectivity index (χ1v) is 5.96. The van der Waals surface area contributed by atoms with E-state index >= 15 is 0 Å². The Balaban J connectivity index is 2.21. The molecule has 0 fully saturated rings. The molecule has 2 heterocycles. The lowest BCUT2D eigenvalue weighted by atomic mass is 10.1. The number of nitrogens with zero attached hydrogens (tertiary/aromatic N) is 1. The molecule has 0 amide bonds. The number of hydrogen-bond donors (Lipinski definition) is 2. The van der Waals surface area contributed by atoms with Crippen LogP contribution in [0.5, 0.6) is 0 Å². The molecule has 0 saturated heterocycles. The molecule has 0 spiro atoms. The van der Waals surface area contributed by atoms with Crippen LogP contribution in [0.15, 0.2) is 34.9 Å². The van der Waals surface area contributed by atoms with Gasteiger partial charge in [0.05, 0.1) is 17.5 Å². The van der Waals surface area contributed by atoms with Crippen molar-refractivity contribution in [3.63, 3.8) is 0 Å². The van der Waals surface area contributed by atoms with Crippen molar-refractivity contribution in [2.24, 2.45) is 5.73 Å². The van der Waals surface area contributed by atoms with Crippen LogP contribution in [0.25, 0.3) is 22.4 Å². The van der Waals surface area contributed by atoms with Crippen LogP contribution < -0.4 is 5.73 Å². The summed E-state index contributed by atoms with van der Waals surface area (Å²) >= 11 is 0. The molecule has 2 aromatic heterocycles. The zero-order valence-electron chi connectivity index (χ0n) is 10.4. The summed E-state index contributed by atoms with van der Waals surface area (Å²) in [5, 5.41) is 1.07. The van der Waals surface area contributed by atoms with Gasteiger partial charge in [0.2, 0.25) is 0 Å². The fourth-order valence-electron chi connectivity index (χ4n) is 2.16. The molecule has 4 heteroatoms. The van der Waals surface area contributed by atoms with Crippen molar-refractivity contribution in [3.05, 3.63) is 41.9 Å². The van der Waals surface area contributed by atoms with Crippen LogP contribution in [0.3, 0.4) is 0 Å². The molecule has 1 aromatic carbocycles. The van der Waals surface area contributed by atoms with Crippen LogP contribution in [0, 0.1) is 6.92 Å². The molecule has 3 N–H and O–H groups in total. The highest BCUT2D eigenvalue weighted by atomic mass is 16.3. The number of aryl methyl sites for hydroxylation is 1. The average molecular weight is 241 g/mol. The molecule has 0 radical (unpaired) electrons. The van der Waals surface area contributed by atoms with E-state index in [4.69, 9.17) is 10.2 Å². The summed E-state index contributed by atoms with van der Waals surface area (Å²) < 4.78 is 5.73. The van der Waals surface area contributed by atoms with Gasteiger partial charge in [0.15, 0.2) is 0 Å². The largest absolute Gasteiger partial charge is 0.461 e. The molecule has 0 saturated carbocycles. The van der Waals surface area contributed by atoms with Crippen LogP contribution in [0.2, 0.25) is 0 Å². The van der Waals surface area contributed by atoms with Crippen molar-refractivity contribution in [2.75, 3.05) is 0 Å². The third kappa shape index (κ3) is 1.62. The van der Waals surface area contributed by atoms with E-state index in [0.29, 0.717) is 0 Å². The van der Waals surface area contributed by atoms with E-state index < -0.39 is 0 Å². The second-order valence-corrected chi connectivity index (χ2v) is 4.51. The fourth-order valence-corrected chi connectivity index (χ4v) is 2.16. The normalized spacial score (nSPS) is 13.1. The maximum Gasteiger partial charge on any atom is 0.141 e. The summed E-state index contributed by atoms with van der Waals surface area (Å²) in [6, 6.07) is 7.90. The first-order chi connectivity index (χ1) is 8.66. The van der Waals surface area contributed by atoms with E-state index in [1.54, 1.807) is 6.20 Å². The van der Waals surface area contributed by atoms with Crippen LogP contribution in [0.4, 0.5) is 0 Å². The van der Waals surface area contributed by atoms with Crippen molar-refractivity contribution < 1.29 is 4.42 Å². The predicted molar refractivity (Wildman–Crippen MR) is 71.1 cm³/mol. The molecule has 92 valence electrons. The summed E-state index contributed by atoms with van der Waals surface area (Å²) in [6.07, 6.45) is 1.78. The standard InChI is InChI=1S/C14H15N3O/c1-8(15)11-7-16-14(17-11)13-9(2)18-12-6-4-3-5-10(12)13/h3-8H,15H2,1-2H3,(H,16,17). The quantitative estimate of drug-likeness (QED) is 0.724. The van der Waals surface area contributed by atoms with E-state index in [1.807, 2.05) is 38.1 Å². The number of para-hydroxylation sites is 1. The van der Waals surface area contributed by atoms with Crippen molar-refractivity contribution >= 4 is 11.0 Å². The maximum absolute atomic E-state index is 5.84. The minimum Gasteiger partial charge on any atom is -0.461 e. The first-order valence-electron chi connectivity index (χ1n) is 5.96. The Hall–Kier alpha value is -2.07. The van der Waals surface area contributed by atoms with Crippen molar-refractivity contribution in [1.82, 2.24) is 9.97 Å². The Bertz CT molecular complexity index is 694. The number of hydrogen-bond acceptors (Lipinski definition) is 3. The average Bonchev–Trinajstić information content (AvgIpc) is 2.91. The van der Waals surface area contributed by atoms with Crippen LogP contribution in [-0.4, -0.2) is 9.97 Å². The number of nitrogens with two attached hydrogens (primary N) is 1. The summed E-state index contributed by atoms with van der Waals surface area (Å²) in [4.78, 5) is 7.65. The molecule has 1 unspecified atom stereocenters. The molecule has 3 rings (SSSR count). The van der Waals surface area contributed by atoms with Gasteiger partial charge in [-0.3, -0.25) is 0 Å². The first kappa shape index (κ1) is 11.0. The smallest absolute Gasteiger partial charge is 0.141 e. The van der Waals surface area contributed by atoms with Crippen molar-refractivity contribution in [2.45, 2.75) is 19.9 Å². The topological polar surface area (TPSA) is 67.8 Å². The van der Waals surface area contributed by atoms with E-state index in [0.717, 1.165) is 33.8 Å². The zero-order chi connectivity index (χ0) is 12.7. The van der Waals surface area contributed by atoms with Gasteiger partial charge >= 0.3 is 0 Å². The number of H-pyrrole nitrogens is 1. The Morgan fingerprint density at radius 3 is 2.83 bits per heavy atom. The highest BCUT2D eigenvalue weighted by Gasteiger charge is 2.15. The summed E-state index contributed by atoms with van der Waals surface area (Å²) in [5.41, 5.74) is 8.65. The SMILES string of the molecule is Cc1oc2ccccc2c1-c1ncc(C(C)N)[nH]1. The minimum absolute atomic E-state index is 0.0512. The Labute approximate surface area is 105 Å². The zero-order valence-corrected chi connectivity index (χ0v) is 10.4. The molecule has 0 bridgehead atoms. The molecular formula is C14H15N3O. The number of imidazole rings is 1. The highest BCUT2D eigenvalue weighted by Crippen LogP contribution is 2.32. The van der Waals surface area contributed by atoms with Gasteiger partial charge in [-0.25, -0.2) is 4.98 Å². The predicted octanol–water partition coefficient (Wildman–Crippen LogP) is 3.15. The number of fused-ring (bicyclic) bond motifs is 1. The van der Waals surface area contributed by atoms with Gasteiger partial charge in [-0.05, 0) is 19.9 Å². The minimum atomic E-state index is -0.0512. The Morgan fingerprint density at radius 1 is 1.33 bits per heavy atom. The molecule has 0 aliphatic heterocycles. The van der Waals surface area contributed by atoms with Gasteiger partial charge in [0.1, 0.15) is 17.2 Å². The van der Waals surface area contributed by atoms with E-state index in [1.165, 1.54) is 0 Å². The van der Waals surface area contributed by atoms with Crippen LogP contribution in [0.1, 0.15) is 24.4 Å². The Kier molecular flexibility index (Phi) is 2.45. The second-order valence-electron chi connectivity index (χ2n) is 4.51. The van der Waals surface area contributed by atoms with Gasteiger partial charge in [0.25, 0.3) is 0 Å². The molecule has 4 nitrogen and oxygen atoms in total. The van der Waals surface area contributed by atoms with Crippen LogP contribution in [-0.2, 0) is 0 Å². The summed E-state index contributed by atoms with van der Waals surface area (Å²) in [6.45, 7) is 3.88. The summed E-state index contributed by atoms with van der Waals surface area (Å²) in [5.74, 6) is 1.67. The molecule has 1 atom stereocenters. The highest BCUT2D eigenvalue weighted by molar-refractivity contribution is 5.93. The van der Waals surface area contributed by atoms with Crippen LogP contribution >= 0.6 is 0 Å². The summed E-state index contributed by atoms with van der Waals surface area (Å²) in [7, 11) is 0. The van der Waals surface area contributed by atoms with E-state index in [2.05, 4.69) is 9.97 Å². The van der Waals surface area contributed by atoms with E-state index in [-0.39, 0.29) is 6.04 Å². The van der Waals surface area contributed by atoms with Gasteiger partial charge in [-0.15, -0.1) is 0 Å². The fraction of sp³-hybridized carbons (Fsp3) is 0.214. The molecule has 0 aliphatic rings. The Morgan fingerprint density at radius 2 is 2.11 bits per heavy atom. The third-order valence-electron chi connectivity index (χ3n) is 3.09. The number of nitrogens with one attached hydrogen (secondary N) is 1. The monoisotopic (exact) mass is 241 g/mol. The number of aromatic amines is 1. The lowest BCUT2D eigenvalue weighted by molar-refractivity contribution is 0.579. The number of furan rings is 1. The number of benzene rings is 1. The van der Waals surface area contributed by atoms with Crippen molar-refractivity contribution in [1.29, 1.82) is 0 Å². The second kappa shape index (κ2) is 3.99. The molecule has 18 heavy (non-hydrogen) atoms. The van der Waals surface area contributed by atoms with E-state index in [9.17, 15) is 0 Å². The maximum atomic E-state index is 5.84. The third-order valence-corrected chi connectivity index (χ3v) is 3.09. The molecule has 3 aromatic rings. The number of aromatic nitrogens is 2. The lowest BCUT2D eigenvalue weighted by Gasteiger charge is -1.99. The van der Waals surface area contributed by atoms with Gasteiger partial charge < -0.3 is 15.1 Å². The lowest BCUT2D eigenvalue weighted by Crippen LogP contribution is -2.04. The van der Waals surface area contributed by atoms with Crippen molar-refractivity contribution in [3.8, 4) is 11.4 Å². The molecule has 0 aliphatic carbocycles. The van der Waals surface area contributed by atoms with Gasteiger partial charge in [-0.2, -0.15) is 0 Å².